The normalized spacial score (nSPS) is 17.3. The molecule has 1 saturated heterocycles. The predicted octanol–water partition coefficient (Wildman–Crippen LogP) is 3.20. The fourth-order valence-electron chi connectivity index (χ4n) is 3.15. The van der Waals surface area contributed by atoms with Gasteiger partial charge < -0.3 is 10.6 Å². The van der Waals surface area contributed by atoms with Crippen molar-refractivity contribution in [3.05, 3.63) is 51.5 Å². The molecule has 130 valence electrons. The third-order valence-corrected chi connectivity index (χ3v) is 6.02. The number of nitrogens with one attached hydrogen (secondary N) is 2. The minimum absolute atomic E-state index is 0.00130. The number of carbonyl (C=O) groups excluding carboxylic acids is 1. The average Bonchev–Trinajstić information content (AvgIpc) is 3.29. The molecule has 2 N–H and O–H groups in total. The van der Waals surface area contributed by atoms with E-state index in [1.807, 2.05) is 41.9 Å². The summed E-state index contributed by atoms with van der Waals surface area (Å²) >= 11 is 7.76. The summed E-state index contributed by atoms with van der Waals surface area (Å²) in [5.74, 6) is -0.00130. The molecule has 1 aliphatic heterocycles. The van der Waals surface area contributed by atoms with E-state index in [-0.39, 0.29) is 11.9 Å². The Labute approximate surface area is 155 Å². The van der Waals surface area contributed by atoms with Crippen LogP contribution in [0, 0.1) is 6.92 Å². The number of benzene rings is 1. The minimum atomic E-state index is -0.00130. The monoisotopic (exact) mass is 374 g/mol. The van der Waals surface area contributed by atoms with E-state index in [0.29, 0.717) is 6.54 Å². The molecule has 0 radical (unpaired) electrons. The van der Waals surface area contributed by atoms with Crippen molar-refractivity contribution in [3.63, 3.8) is 0 Å². The molecule has 0 spiro atoms. The maximum Gasteiger partial charge on any atom is 0.261 e. The molecule has 1 fully saturated rings. The van der Waals surface area contributed by atoms with E-state index in [9.17, 15) is 4.79 Å². The lowest BCUT2D eigenvalue weighted by molar-refractivity contribution is 0.0944. The highest BCUT2D eigenvalue weighted by Crippen LogP contribution is 2.29. The SMILES string of the molecule is Cc1nn(Cc2ccccc2Cl)c2sc(C(=O)NC3CCNC3)cc12. The lowest BCUT2D eigenvalue weighted by Crippen LogP contribution is -2.35. The first kappa shape index (κ1) is 16.6. The van der Waals surface area contributed by atoms with Gasteiger partial charge in [0.15, 0.2) is 0 Å². The van der Waals surface area contributed by atoms with E-state index in [1.54, 1.807) is 0 Å². The largest absolute Gasteiger partial charge is 0.347 e. The van der Waals surface area contributed by atoms with Gasteiger partial charge in [0.25, 0.3) is 5.91 Å². The fourth-order valence-corrected chi connectivity index (χ4v) is 4.41. The number of halogens is 1. The van der Waals surface area contributed by atoms with Crippen LogP contribution >= 0.6 is 22.9 Å². The van der Waals surface area contributed by atoms with Crippen molar-refractivity contribution >= 4 is 39.1 Å². The molecule has 1 aliphatic rings. The predicted molar refractivity (Wildman–Crippen MR) is 102 cm³/mol. The van der Waals surface area contributed by atoms with Crippen LogP contribution in [-0.4, -0.2) is 34.8 Å². The maximum absolute atomic E-state index is 12.5. The minimum Gasteiger partial charge on any atom is -0.347 e. The number of hydrogen-bond acceptors (Lipinski definition) is 4. The van der Waals surface area contributed by atoms with Crippen molar-refractivity contribution in [3.8, 4) is 0 Å². The Hall–Kier alpha value is -1.89. The lowest BCUT2D eigenvalue weighted by Gasteiger charge is -2.09. The van der Waals surface area contributed by atoms with Gasteiger partial charge in [-0.2, -0.15) is 5.10 Å². The van der Waals surface area contributed by atoms with E-state index in [0.717, 1.165) is 50.9 Å². The highest BCUT2D eigenvalue weighted by Gasteiger charge is 2.21. The van der Waals surface area contributed by atoms with Crippen molar-refractivity contribution in [1.29, 1.82) is 0 Å². The highest BCUT2D eigenvalue weighted by molar-refractivity contribution is 7.20. The van der Waals surface area contributed by atoms with Gasteiger partial charge in [0.05, 0.1) is 17.1 Å². The summed E-state index contributed by atoms with van der Waals surface area (Å²) in [6, 6.07) is 9.94. The van der Waals surface area contributed by atoms with Crippen molar-refractivity contribution in [2.24, 2.45) is 0 Å². The second kappa shape index (κ2) is 6.78. The molecule has 7 heteroatoms. The fraction of sp³-hybridized carbons (Fsp3) is 0.333. The van der Waals surface area contributed by atoms with Gasteiger partial charge >= 0.3 is 0 Å². The van der Waals surface area contributed by atoms with Crippen LogP contribution in [0.25, 0.3) is 10.2 Å². The number of carbonyl (C=O) groups is 1. The number of fused-ring (bicyclic) bond motifs is 1. The van der Waals surface area contributed by atoms with Crippen molar-refractivity contribution < 1.29 is 4.79 Å². The number of thiophene rings is 1. The number of amides is 1. The molecule has 1 aromatic carbocycles. The van der Waals surface area contributed by atoms with Crippen LogP contribution in [0.4, 0.5) is 0 Å². The molecule has 0 bridgehead atoms. The molecule has 1 atom stereocenters. The van der Waals surface area contributed by atoms with Gasteiger partial charge in [0.1, 0.15) is 4.83 Å². The highest BCUT2D eigenvalue weighted by atomic mass is 35.5. The molecule has 5 nitrogen and oxygen atoms in total. The number of hydrogen-bond donors (Lipinski definition) is 2. The van der Waals surface area contributed by atoms with Gasteiger partial charge in [-0.3, -0.25) is 9.48 Å². The van der Waals surface area contributed by atoms with E-state index < -0.39 is 0 Å². The Balaban J connectivity index is 1.62. The molecule has 0 aliphatic carbocycles. The Morgan fingerprint density at radius 2 is 2.32 bits per heavy atom. The van der Waals surface area contributed by atoms with Crippen LogP contribution in [0.2, 0.25) is 5.02 Å². The summed E-state index contributed by atoms with van der Waals surface area (Å²) in [7, 11) is 0. The molecular weight excluding hydrogens is 356 g/mol. The third kappa shape index (κ3) is 3.29. The van der Waals surface area contributed by atoms with Gasteiger partial charge in [-0.25, -0.2) is 0 Å². The summed E-state index contributed by atoms with van der Waals surface area (Å²) < 4.78 is 1.93. The van der Waals surface area contributed by atoms with Crippen molar-refractivity contribution in [2.45, 2.75) is 25.9 Å². The Morgan fingerprint density at radius 3 is 3.08 bits per heavy atom. The summed E-state index contributed by atoms with van der Waals surface area (Å²) in [5, 5.41) is 12.7. The molecule has 3 heterocycles. The van der Waals surface area contributed by atoms with Crippen molar-refractivity contribution in [1.82, 2.24) is 20.4 Å². The maximum atomic E-state index is 12.5. The van der Waals surface area contributed by atoms with Crippen LogP contribution < -0.4 is 10.6 Å². The molecule has 1 unspecified atom stereocenters. The zero-order chi connectivity index (χ0) is 17.4. The quantitative estimate of drug-likeness (QED) is 0.737. The van der Waals surface area contributed by atoms with Crippen LogP contribution in [-0.2, 0) is 6.54 Å². The zero-order valence-electron chi connectivity index (χ0n) is 13.9. The first-order chi connectivity index (χ1) is 12.1. The van der Waals surface area contributed by atoms with Crippen molar-refractivity contribution in [2.75, 3.05) is 13.1 Å². The molecular formula is C18H19ClN4OS. The lowest BCUT2D eigenvalue weighted by atomic mass is 10.2. The number of aryl methyl sites for hydroxylation is 1. The Bertz CT molecular complexity index is 926. The first-order valence-electron chi connectivity index (χ1n) is 8.34. The zero-order valence-corrected chi connectivity index (χ0v) is 15.5. The van der Waals surface area contributed by atoms with Gasteiger partial charge in [0.2, 0.25) is 0 Å². The van der Waals surface area contributed by atoms with Crippen LogP contribution in [0.15, 0.2) is 30.3 Å². The number of nitrogens with zero attached hydrogens (tertiary/aromatic N) is 2. The molecule has 25 heavy (non-hydrogen) atoms. The van der Waals surface area contributed by atoms with E-state index in [2.05, 4.69) is 15.7 Å². The van der Waals surface area contributed by atoms with Crippen LogP contribution in [0.5, 0.6) is 0 Å². The Morgan fingerprint density at radius 1 is 1.48 bits per heavy atom. The summed E-state index contributed by atoms with van der Waals surface area (Å²) in [6.45, 7) is 4.37. The van der Waals surface area contributed by atoms with Crippen LogP contribution in [0.3, 0.4) is 0 Å². The molecule has 0 saturated carbocycles. The summed E-state index contributed by atoms with van der Waals surface area (Å²) in [6.07, 6.45) is 0.982. The average molecular weight is 375 g/mol. The van der Waals surface area contributed by atoms with E-state index >= 15 is 0 Å². The topological polar surface area (TPSA) is 59.0 Å². The molecule has 3 aromatic rings. The van der Waals surface area contributed by atoms with Gasteiger partial charge in [0, 0.05) is 23.0 Å². The standard InChI is InChI=1S/C18H19ClN4OS/c1-11-14-8-16(17(24)21-13-6-7-20-9-13)25-18(14)23(22-11)10-12-4-2-3-5-15(12)19/h2-5,8,13,20H,6-7,9-10H2,1H3,(H,21,24). The number of aromatic nitrogens is 2. The number of rotatable bonds is 4. The Kier molecular flexibility index (Phi) is 4.50. The summed E-state index contributed by atoms with van der Waals surface area (Å²) in [5.41, 5.74) is 1.95. The van der Waals surface area contributed by atoms with Gasteiger partial charge in [-0.15, -0.1) is 11.3 Å². The van der Waals surface area contributed by atoms with E-state index in [1.165, 1.54) is 11.3 Å². The van der Waals surface area contributed by atoms with Gasteiger partial charge in [-0.1, -0.05) is 29.8 Å². The smallest absolute Gasteiger partial charge is 0.261 e. The second-order valence-electron chi connectivity index (χ2n) is 6.33. The summed E-state index contributed by atoms with van der Waals surface area (Å²) in [4.78, 5) is 14.3. The molecule has 4 rings (SSSR count). The van der Waals surface area contributed by atoms with Crippen LogP contribution in [0.1, 0.15) is 27.3 Å². The third-order valence-electron chi connectivity index (χ3n) is 4.50. The second-order valence-corrected chi connectivity index (χ2v) is 7.76. The van der Waals surface area contributed by atoms with E-state index in [4.69, 9.17) is 11.6 Å². The first-order valence-corrected chi connectivity index (χ1v) is 9.53. The van der Waals surface area contributed by atoms with Gasteiger partial charge in [-0.05, 0) is 37.6 Å². The molecule has 1 amide bonds. The molecule has 2 aromatic heterocycles.